The van der Waals surface area contributed by atoms with Crippen LogP contribution in [0.3, 0.4) is 0 Å². The van der Waals surface area contributed by atoms with Gasteiger partial charge in [0.05, 0.1) is 12.7 Å². The van der Waals surface area contributed by atoms with Crippen molar-refractivity contribution in [3.63, 3.8) is 0 Å². The lowest BCUT2D eigenvalue weighted by molar-refractivity contribution is 0.0143. The Labute approximate surface area is 98.8 Å². The molecule has 3 heteroatoms. The van der Waals surface area contributed by atoms with Gasteiger partial charge in [-0.1, -0.05) is 0 Å². The third-order valence-corrected chi connectivity index (χ3v) is 3.73. The van der Waals surface area contributed by atoms with E-state index >= 15 is 0 Å². The van der Waals surface area contributed by atoms with Crippen LogP contribution in [0.15, 0.2) is 0 Å². The Balaban J connectivity index is 1.73. The zero-order valence-electron chi connectivity index (χ0n) is 10.6. The number of nitrogens with zero attached hydrogens (tertiary/aromatic N) is 1. The molecule has 0 heterocycles. The van der Waals surface area contributed by atoms with Crippen LogP contribution in [0.5, 0.6) is 0 Å². The van der Waals surface area contributed by atoms with E-state index in [-0.39, 0.29) is 6.10 Å². The third kappa shape index (κ3) is 3.44. The number of hydrogen-bond donors (Lipinski definition) is 1. The number of likely N-dealkylation sites (N-methyl/N-ethyl adjacent to an activating group) is 1. The SMILES string of the molecule is CCOCC(O)CN(C)C(C1CC1)C1CC1. The van der Waals surface area contributed by atoms with Crippen molar-refractivity contribution in [2.45, 2.75) is 44.8 Å². The van der Waals surface area contributed by atoms with Gasteiger partial charge in [0.2, 0.25) is 0 Å². The van der Waals surface area contributed by atoms with Gasteiger partial charge in [-0.3, -0.25) is 0 Å². The number of hydrogen-bond acceptors (Lipinski definition) is 3. The zero-order valence-corrected chi connectivity index (χ0v) is 10.6. The summed E-state index contributed by atoms with van der Waals surface area (Å²) < 4.78 is 5.25. The van der Waals surface area contributed by atoms with Crippen molar-refractivity contribution >= 4 is 0 Å². The minimum Gasteiger partial charge on any atom is -0.389 e. The maximum Gasteiger partial charge on any atom is 0.0900 e. The van der Waals surface area contributed by atoms with Gasteiger partial charge in [0.25, 0.3) is 0 Å². The maximum atomic E-state index is 9.84. The molecule has 2 saturated carbocycles. The highest BCUT2D eigenvalue weighted by Crippen LogP contribution is 2.46. The highest BCUT2D eigenvalue weighted by atomic mass is 16.5. The van der Waals surface area contributed by atoms with E-state index in [0.717, 1.165) is 24.4 Å². The summed E-state index contributed by atoms with van der Waals surface area (Å²) in [5.74, 6) is 1.83. The molecule has 0 aliphatic heterocycles. The van der Waals surface area contributed by atoms with Crippen LogP contribution >= 0.6 is 0 Å². The molecule has 0 saturated heterocycles. The molecule has 0 radical (unpaired) electrons. The third-order valence-electron chi connectivity index (χ3n) is 3.73. The second-order valence-electron chi connectivity index (χ2n) is 5.42. The molecule has 94 valence electrons. The summed E-state index contributed by atoms with van der Waals surface area (Å²) >= 11 is 0. The minimum absolute atomic E-state index is 0.329. The van der Waals surface area contributed by atoms with E-state index in [2.05, 4.69) is 11.9 Å². The second-order valence-corrected chi connectivity index (χ2v) is 5.42. The standard InChI is InChI=1S/C13H25NO2/c1-3-16-9-12(15)8-14(2)13(10-4-5-10)11-6-7-11/h10-13,15H,3-9H2,1-2H3. The summed E-state index contributed by atoms with van der Waals surface area (Å²) in [6, 6.07) is 0.733. The average Bonchev–Trinajstić information content (AvgIpc) is 3.07. The Morgan fingerprint density at radius 2 is 1.81 bits per heavy atom. The van der Waals surface area contributed by atoms with E-state index in [0.29, 0.717) is 13.2 Å². The van der Waals surface area contributed by atoms with Crippen molar-refractivity contribution in [2.24, 2.45) is 11.8 Å². The predicted molar refractivity (Wildman–Crippen MR) is 64.4 cm³/mol. The smallest absolute Gasteiger partial charge is 0.0900 e. The molecule has 0 aromatic rings. The fraction of sp³-hybridized carbons (Fsp3) is 1.00. The summed E-state index contributed by atoms with van der Waals surface area (Å²) in [4.78, 5) is 2.37. The monoisotopic (exact) mass is 227 g/mol. The van der Waals surface area contributed by atoms with Crippen molar-refractivity contribution < 1.29 is 9.84 Å². The van der Waals surface area contributed by atoms with Crippen LogP contribution in [0.1, 0.15) is 32.6 Å². The highest BCUT2D eigenvalue weighted by molar-refractivity contribution is 4.97. The van der Waals surface area contributed by atoms with E-state index in [4.69, 9.17) is 4.74 Å². The van der Waals surface area contributed by atoms with Gasteiger partial charge in [-0.25, -0.2) is 0 Å². The van der Waals surface area contributed by atoms with Crippen molar-refractivity contribution in [1.82, 2.24) is 4.90 Å². The van der Waals surface area contributed by atoms with Gasteiger partial charge < -0.3 is 14.7 Å². The van der Waals surface area contributed by atoms with E-state index in [1.165, 1.54) is 25.7 Å². The summed E-state index contributed by atoms with van der Waals surface area (Å²) in [5.41, 5.74) is 0. The van der Waals surface area contributed by atoms with Crippen LogP contribution in [0, 0.1) is 11.8 Å². The summed E-state index contributed by atoms with van der Waals surface area (Å²) in [7, 11) is 2.16. The topological polar surface area (TPSA) is 32.7 Å². The Bertz CT molecular complexity index is 202. The molecule has 1 N–H and O–H groups in total. The summed E-state index contributed by atoms with van der Waals surface area (Å²) in [6.07, 6.45) is 5.25. The minimum atomic E-state index is -0.329. The fourth-order valence-electron chi connectivity index (χ4n) is 2.74. The van der Waals surface area contributed by atoms with E-state index in [1.54, 1.807) is 0 Å². The second kappa shape index (κ2) is 5.48. The molecular formula is C13H25NO2. The molecule has 2 fully saturated rings. The molecule has 2 aliphatic carbocycles. The lowest BCUT2D eigenvalue weighted by Gasteiger charge is -2.30. The lowest BCUT2D eigenvalue weighted by atomic mass is 10.1. The average molecular weight is 227 g/mol. The number of aliphatic hydroxyl groups is 1. The number of rotatable bonds is 8. The van der Waals surface area contributed by atoms with Gasteiger partial charge in [-0.2, -0.15) is 0 Å². The van der Waals surface area contributed by atoms with Crippen molar-refractivity contribution in [3.05, 3.63) is 0 Å². The van der Waals surface area contributed by atoms with E-state index in [9.17, 15) is 5.11 Å². The predicted octanol–water partition coefficient (Wildman–Crippen LogP) is 1.50. The molecule has 16 heavy (non-hydrogen) atoms. The first-order chi connectivity index (χ1) is 7.72. The first kappa shape index (κ1) is 12.3. The molecular weight excluding hydrogens is 202 g/mol. The molecule has 0 spiro atoms. The lowest BCUT2D eigenvalue weighted by Crippen LogP contribution is -2.41. The maximum absolute atomic E-state index is 9.84. The van der Waals surface area contributed by atoms with Crippen molar-refractivity contribution in [2.75, 3.05) is 26.8 Å². The normalized spacial score (nSPS) is 23.1. The van der Waals surface area contributed by atoms with Crippen LogP contribution in [-0.2, 0) is 4.74 Å². The van der Waals surface area contributed by atoms with Gasteiger partial charge in [-0.05, 0) is 51.5 Å². The number of aliphatic hydroxyl groups excluding tert-OH is 1. The molecule has 0 bridgehead atoms. The summed E-state index contributed by atoms with van der Waals surface area (Å²) in [5, 5.41) is 9.84. The molecule has 0 aromatic carbocycles. The number of ether oxygens (including phenoxy) is 1. The Morgan fingerprint density at radius 3 is 2.25 bits per heavy atom. The quantitative estimate of drug-likeness (QED) is 0.682. The molecule has 0 amide bonds. The molecule has 2 rings (SSSR count). The van der Waals surface area contributed by atoms with Gasteiger partial charge in [0, 0.05) is 19.2 Å². The first-order valence-corrected chi connectivity index (χ1v) is 6.68. The molecule has 1 unspecified atom stereocenters. The van der Waals surface area contributed by atoms with Crippen LogP contribution < -0.4 is 0 Å². The largest absolute Gasteiger partial charge is 0.389 e. The van der Waals surface area contributed by atoms with Gasteiger partial charge in [-0.15, -0.1) is 0 Å². The van der Waals surface area contributed by atoms with E-state index in [1.807, 2.05) is 6.92 Å². The Hall–Kier alpha value is -0.120. The van der Waals surface area contributed by atoms with Crippen molar-refractivity contribution in [1.29, 1.82) is 0 Å². The zero-order chi connectivity index (χ0) is 11.5. The van der Waals surface area contributed by atoms with E-state index < -0.39 is 0 Å². The Kier molecular flexibility index (Phi) is 4.22. The Morgan fingerprint density at radius 1 is 1.25 bits per heavy atom. The molecule has 1 atom stereocenters. The fourth-order valence-corrected chi connectivity index (χ4v) is 2.74. The van der Waals surface area contributed by atoms with Gasteiger partial charge in [0.1, 0.15) is 0 Å². The van der Waals surface area contributed by atoms with Crippen molar-refractivity contribution in [3.8, 4) is 0 Å². The molecule has 3 nitrogen and oxygen atoms in total. The van der Waals surface area contributed by atoms with Crippen LogP contribution in [-0.4, -0.2) is 49.0 Å². The first-order valence-electron chi connectivity index (χ1n) is 6.68. The van der Waals surface area contributed by atoms with Crippen LogP contribution in [0.2, 0.25) is 0 Å². The van der Waals surface area contributed by atoms with Gasteiger partial charge in [0.15, 0.2) is 0 Å². The van der Waals surface area contributed by atoms with Gasteiger partial charge >= 0.3 is 0 Å². The molecule has 0 aromatic heterocycles. The molecule has 2 aliphatic rings. The summed E-state index contributed by atoms with van der Waals surface area (Å²) in [6.45, 7) is 3.89. The van der Waals surface area contributed by atoms with Crippen LogP contribution in [0.25, 0.3) is 0 Å². The van der Waals surface area contributed by atoms with Crippen LogP contribution in [0.4, 0.5) is 0 Å². The highest BCUT2D eigenvalue weighted by Gasteiger charge is 2.43.